The van der Waals surface area contributed by atoms with Crippen LogP contribution in [0, 0.1) is 16.0 Å². The van der Waals surface area contributed by atoms with E-state index in [1.807, 2.05) is 0 Å². The lowest BCUT2D eigenvalue weighted by molar-refractivity contribution is -0.384. The van der Waals surface area contributed by atoms with E-state index in [-0.39, 0.29) is 17.3 Å². The summed E-state index contributed by atoms with van der Waals surface area (Å²) in [6, 6.07) is 4.48. The highest BCUT2D eigenvalue weighted by Gasteiger charge is 2.23. The average Bonchev–Trinajstić information content (AvgIpc) is 2.41. The number of nitro groups is 1. The van der Waals surface area contributed by atoms with E-state index in [1.54, 1.807) is 6.07 Å². The molecule has 0 radical (unpaired) electrons. The van der Waals surface area contributed by atoms with Gasteiger partial charge < -0.3 is 11.1 Å². The van der Waals surface area contributed by atoms with Gasteiger partial charge in [-0.15, -0.1) is 0 Å². The Balaban J connectivity index is 2.26. The van der Waals surface area contributed by atoms with Crippen molar-refractivity contribution in [3.05, 3.63) is 33.9 Å². The Morgan fingerprint density at radius 2 is 2.10 bits per heavy atom. The quantitative estimate of drug-likeness (QED) is 0.653. The highest BCUT2D eigenvalue weighted by molar-refractivity contribution is 5.99. The summed E-state index contributed by atoms with van der Waals surface area (Å²) < 4.78 is 0. The predicted molar refractivity (Wildman–Crippen MR) is 76.7 cm³/mol. The lowest BCUT2D eigenvalue weighted by Gasteiger charge is -2.30. The van der Waals surface area contributed by atoms with E-state index in [4.69, 9.17) is 5.73 Å². The lowest BCUT2D eigenvalue weighted by Crippen LogP contribution is -2.31. The van der Waals surface area contributed by atoms with Crippen LogP contribution >= 0.6 is 0 Å². The SMILES string of the molecule is CC1CCCCC1Nc1ccc([N+](=O)[O-])cc1C(N)=O. The minimum atomic E-state index is -0.653. The van der Waals surface area contributed by atoms with Crippen molar-refractivity contribution in [3.63, 3.8) is 0 Å². The zero-order valence-corrected chi connectivity index (χ0v) is 11.5. The number of nitrogens with zero attached hydrogens (tertiary/aromatic N) is 1. The number of hydrogen-bond acceptors (Lipinski definition) is 4. The number of rotatable bonds is 4. The zero-order valence-electron chi connectivity index (χ0n) is 11.5. The maximum atomic E-state index is 11.5. The van der Waals surface area contributed by atoms with Gasteiger partial charge >= 0.3 is 0 Å². The molecule has 2 unspecified atom stereocenters. The largest absolute Gasteiger partial charge is 0.381 e. The molecule has 1 aliphatic rings. The maximum absolute atomic E-state index is 11.5. The Bertz CT molecular complexity index is 530. The Morgan fingerprint density at radius 3 is 2.70 bits per heavy atom. The minimum Gasteiger partial charge on any atom is -0.381 e. The summed E-state index contributed by atoms with van der Waals surface area (Å²) in [5.41, 5.74) is 5.96. The number of carbonyl (C=O) groups excluding carboxylic acids is 1. The van der Waals surface area contributed by atoms with Gasteiger partial charge in [-0.05, 0) is 24.8 Å². The van der Waals surface area contributed by atoms with Crippen molar-refractivity contribution in [3.8, 4) is 0 Å². The minimum absolute atomic E-state index is 0.124. The fourth-order valence-electron chi connectivity index (χ4n) is 2.71. The Hall–Kier alpha value is -2.11. The molecule has 2 rings (SSSR count). The average molecular weight is 277 g/mol. The second-order valence-corrected chi connectivity index (χ2v) is 5.36. The number of non-ortho nitro benzene ring substituents is 1. The molecule has 0 bridgehead atoms. The molecule has 0 aliphatic heterocycles. The van der Waals surface area contributed by atoms with Crippen LogP contribution in [0.3, 0.4) is 0 Å². The van der Waals surface area contributed by atoms with E-state index in [2.05, 4.69) is 12.2 Å². The molecule has 1 fully saturated rings. The van der Waals surface area contributed by atoms with E-state index in [0.717, 1.165) is 19.3 Å². The number of nitrogens with one attached hydrogen (secondary N) is 1. The Morgan fingerprint density at radius 1 is 1.40 bits per heavy atom. The molecule has 0 spiro atoms. The normalized spacial score (nSPS) is 22.2. The summed E-state index contributed by atoms with van der Waals surface area (Å²) in [5, 5.41) is 14.1. The van der Waals surface area contributed by atoms with Crippen LogP contribution in [0.15, 0.2) is 18.2 Å². The molecular formula is C14H19N3O3. The molecule has 6 heteroatoms. The van der Waals surface area contributed by atoms with Crippen LogP contribution in [-0.4, -0.2) is 16.9 Å². The van der Waals surface area contributed by atoms with Gasteiger partial charge in [-0.1, -0.05) is 19.8 Å². The fraction of sp³-hybridized carbons (Fsp3) is 0.500. The van der Waals surface area contributed by atoms with Gasteiger partial charge in [0.2, 0.25) is 0 Å². The molecule has 1 aliphatic carbocycles. The first-order valence-corrected chi connectivity index (χ1v) is 6.84. The van der Waals surface area contributed by atoms with Gasteiger partial charge in [0, 0.05) is 23.9 Å². The van der Waals surface area contributed by atoms with Crippen molar-refractivity contribution in [1.82, 2.24) is 0 Å². The summed E-state index contributed by atoms with van der Waals surface area (Å²) in [4.78, 5) is 21.7. The third-order valence-electron chi connectivity index (χ3n) is 3.93. The number of anilines is 1. The van der Waals surface area contributed by atoms with Crippen molar-refractivity contribution < 1.29 is 9.72 Å². The van der Waals surface area contributed by atoms with Gasteiger partial charge in [-0.25, -0.2) is 0 Å². The number of amides is 1. The van der Waals surface area contributed by atoms with Crippen molar-refractivity contribution in [2.75, 3.05) is 5.32 Å². The molecule has 1 amide bonds. The third kappa shape index (κ3) is 3.07. The number of nitro benzene ring substituents is 1. The number of benzene rings is 1. The van der Waals surface area contributed by atoms with Crippen LogP contribution in [0.4, 0.5) is 11.4 Å². The van der Waals surface area contributed by atoms with E-state index in [1.165, 1.54) is 18.6 Å². The lowest BCUT2D eigenvalue weighted by atomic mass is 9.85. The van der Waals surface area contributed by atoms with E-state index >= 15 is 0 Å². The smallest absolute Gasteiger partial charge is 0.270 e. The second-order valence-electron chi connectivity index (χ2n) is 5.36. The first-order valence-electron chi connectivity index (χ1n) is 6.84. The van der Waals surface area contributed by atoms with Gasteiger partial charge in [0.25, 0.3) is 11.6 Å². The van der Waals surface area contributed by atoms with Crippen molar-refractivity contribution in [2.24, 2.45) is 11.7 Å². The van der Waals surface area contributed by atoms with Crippen LogP contribution in [0.1, 0.15) is 43.0 Å². The van der Waals surface area contributed by atoms with Crippen LogP contribution in [-0.2, 0) is 0 Å². The van der Waals surface area contributed by atoms with Crippen molar-refractivity contribution >= 4 is 17.3 Å². The number of primary amides is 1. The van der Waals surface area contributed by atoms with E-state index in [0.29, 0.717) is 11.6 Å². The molecule has 0 saturated heterocycles. The molecule has 1 saturated carbocycles. The van der Waals surface area contributed by atoms with Crippen LogP contribution in [0.5, 0.6) is 0 Å². The molecule has 108 valence electrons. The van der Waals surface area contributed by atoms with Crippen LogP contribution in [0.2, 0.25) is 0 Å². The summed E-state index contributed by atoms with van der Waals surface area (Å²) in [6.45, 7) is 2.17. The van der Waals surface area contributed by atoms with Crippen molar-refractivity contribution in [1.29, 1.82) is 0 Å². The summed E-state index contributed by atoms with van der Waals surface area (Å²) in [5.74, 6) is -0.140. The number of hydrogen-bond donors (Lipinski definition) is 2. The summed E-state index contributed by atoms with van der Waals surface area (Å²) in [6.07, 6.45) is 4.57. The predicted octanol–water partition coefficient (Wildman–Crippen LogP) is 2.68. The highest BCUT2D eigenvalue weighted by atomic mass is 16.6. The summed E-state index contributed by atoms with van der Waals surface area (Å²) in [7, 11) is 0. The first-order chi connectivity index (χ1) is 9.49. The molecular weight excluding hydrogens is 258 g/mol. The second kappa shape index (κ2) is 5.90. The zero-order chi connectivity index (χ0) is 14.7. The van der Waals surface area contributed by atoms with Crippen LogP contribution in [0.25, 0.3) is 0 Å². The number of carbonyl (C=O) groups is 1. The van der Waals surface area contributed by atoms with Crippen molar-refractivity contribution in [2.45, 2.75) is 38.6 Å². The van der Waals surface area contributed by atoms with Gasteiger partial charge in [0.1, 0.15) is 0 Å². The molecule has 2 atom stereocenters. The molecule has 3 N–H and O–H groups in total. The fourth-order valence-corrected chi connectivity index (χ4v) is 2.71. The molecule has 0 aromatic heterocycles. The van der Waals surface area contributed by atoms with Gasteiger partial charge in [0.15, 0.2) is 0 Å². The van der Waals surface area contributed by atoms with Gasteiger partial charge in [0.05, 0.1) is 10.5 Å². The van der Waals surface area contributed by atoms with Gasteiger partial charge in [-0.2, -0.15) is 0 Å². The molecule has 1 aromatic rings. The molecule has 0 heterocycles. The Labute approximate surface area is 117 Å². The third-order valence-corrected chi connectivity index (χ3v) is 3.93. The van der Waals surface area contributed by atoms with E-state index < -0.39 is 10.8 Å². The topological polar surface area (TPSA) is 98.3 Å². The number of nitrogens with two attached hydrogens (primary N) is 1. The maximum Gasteiger partial charge on any atom is 0.270 e. The van der Waals surface area contributed by atoms with Crippen LogP contribution < -0.4 is 11.1 Å². The van der Waals surface area contributed by atoms with E-state index in [9.17, 15) is 14.9 Å². The highest BCUT2D eigenvalue weighted by Crippen LogP contribution is 2.29. The Kier molecular flexibility index (Phi) is 4.22. The standard InChI is InChI=1S/C14H19N3O3/c1-9-4-2-3-5-12(9)16-13-7-6-10(17(19)20)8-11(13)14(15)18/h6-9,12,16H,2-5H2,1H3,(H2,15,18). The molecule has 6 nitrogen and oxygen atoms in total. The monoisotopic (exact) mass is 277 g/mol. The molecule has 1 aromatic carbocycles. The van der Waals surface area contributed by atoms with Gasteiger partial charge in [-0.3, -0.25) is 14.9 Å². The molecule has 20 heavy (non-hydrogen) atoms. The first kappa shape index (κ1) is 14.3. The summed E-state index contributed by atoms with van der Waals surface area (Å²) >= 11 is 0.